The Hall–Kier alpha value is -1.64. The van der Waals surface area contributed by atoms with Gasteiger partial charge in [-0.25, -0.2) is 0 Å². The molecule has 0 saturated heterocycles. The summed E-state index contributed by atoms with van der Waals surface area (Å²) in [7, 11) is 0. The first-order valence-electron chi connectivity index (χ1n) is 5.97. The molecule has 1 aromatic rings. The topological polar surface area (TPSA) is 38.7 Å². The van der Waals surface area contributed by atoms with Crippen LogP contribution in [0.4, 0.5) is 5.69 Å². The minimum atomic E-state index is -0.247. The molecule has 0 amide bonds. The molecule has 0 saturated carbocycles. The zero-order valence-corrected chi connectivity index (χ0v) is 10.5. The molecule has 0 aliphatic carbocycles. The second kappa shape index (κ2) is 7.60. The van der Waals surface area contributed by atoms with Crippen molar-refractivity contribution in [2.45, 2.75) is 33.1 Å². The van der Waals surface area contributed by atoms with Crippen molar-refractivity contribution in [3.05, 3.63) is 29.8 Å². The van der Waals surface area contributed by atoms with E-state index < -0.39 is 0 Å². The summed E-state index contributed by atoms with van der Waals surface area (Å²) in [5.41, 5.74) is 2.26. The van der Waals surface area contributed by atoms with Gasteiger partial charge in [-0.1, -0.05) is 25.5 Å². The third-order valence-corrected chi connectivity index (χ3v) is 2.24. The number of aliphatic imine (C=N–C) groups is 1. The maximum Gasteiger partial charge on any atom is 0.302 e. The van der Waals surface area contributed by atoms with Crippen LogP contribution in [0.2, 0.25) is 0 Å². The van der Waals surface area contributed by atoms with Crippen molar-refractivity contribution < 1.29 is 9.53 Å². The zero-order chi connectivity index (χ0) is 12.5. The minimum Gasteiger partial charge on any atom is -0.465 e. The van der Waals surface area contributed by atoms with Crippen LogP contribution in [0, 0.1) is 0 Å². The van der Waals surface area contributed by atoms with Crippen LogP contribution in [0.25, 0.3) is 0 Å². The Morgan fingerprint density at radius 3 is 3.00 bits per heavy atom. The first kappa shape index (κ1) is 13.4. The molecule has 0 radical (unpaired) electrons. The van der Waals surface area contributed by atoms with Gasteiger partial charge in [0.05, 0.1) is 12.3 Å². The number of nitrogens with zero attached hydrogens (tertiary/aromatic N) is 1. The highest BCUT2D eigenvalue weighted by molar-refractivity contribution is 5.67. The van der Waals surface area contributed by atoms with Gasteiger partial charge < -0.3 is 4.74 Å². The SMILES string of the molecule is CCCc1cccc(N=CCCOC(C)=O)c1. The number of hydrogen-bond donors (Lipinski definition) is 0. The minimum absolute atomic E-state index is 0.247. The van der Waals surface area contributed by atoms with Gasteiger partial charge in [0.2, 0.25) is 0 Å². The largest absolute Gasteiger partial charge is 0.465 e. The second-order valence-electron chi connectivity index (χ2n) is 3.86. The summed E-state index contributed by atoms with van der Waals surface area (Å²) in [5, 5.41) is 0. The number of hydrogen-bond acceptors (Lipinski definition) is 3. The average molecular weight is 233 g/mol. The fourth-order valence-corrected chi connectivity index (χ4v) is 1.51. The van der Waals surface area contributed by atoms with E-state index in [0.29, 0.717) is 13.0 Å². The molecule has 0 heterocycles. The third-order valence-electron chi connectivity index (χ3n) is 2.24. The van der Waals surface area contributed by atoms with Gasteiger partial charge in [0.15, 0.2) is 0 Å². The summed E-state index contributed by atoms with van der Waals surface area (Å²) in [6.45, 7) is 3.97. The number of carbonyl (C=O) groups is 1. The lowest BCUT2D eigenvalue weighted by Gasteiger charge is -2.00. The normalized spacial score (nSPS) is 10.7. The van der Waals surface area contributed by atoms with Crippen molar-refractivity contribution in [2.24, 2.45) is 4.99 Å². The van der Waals surface area contributed by atoms with E-state index in [2.05, 4.69) is 24.0 Å². The van der Waals surface area contributed by atoms with Crippen molar-refractivity contribution in [1.82, 2.24) is 0 Å². The van der Waals surface area contributed by atoms with Crippen LogP contribution in [-0.2, 0) is 16.0 Å². The van der Waals surface area contributed by atoms with Gasteiger partial charge in [0.1, 0.15) is 0 Å². The highest BCUT2D eigenvalue weighted by atomic mass is 16.5. The monoisotopic (exact) mass is 233 g/mol. The van der Waals surface area contributed by atoms with Crippen LogP contribution in [0.15, 0.2) is 29.3 Å². The number of aryl methyl sites for hydroxylation is 1. The summed E-state index contributed by atoms with van der Waals surface area (Å²) in [6, 6.07) is 8.19. The molecular weight excluding hydrogens is 214 g/mol. The van der Waals surface area contributed by atoms with E-state index >= 15 is 0 Å². The first-order chi connectivity index (χ1) is 8.22. The van der Waals surface area contributed by atoms with E-state index in [9.17, 15) is 4.79 Å². The Labute approximate surface area is 103 Å². The smallest absolute Gasteiger partial charge is 0.302 e. The van der Waals surface area contributed by atoms with Crippen LogP contribution in [0.1, 0.15) is 32.3 Å². The lowest BCUT2D eigenvalue weighted by Crippen LogP contribution is -2.00. The maximum atomic E-state index is 10.5. The molecule has 0 aliphatic rings. The lowest BCUT2D eigenvalue weighted by molar-refractivity contribution is -0.140. The molecule has 1 rings (SSSR count). The number of esters is 1. The van der Waals surface area contributed by atoms with Crippen LogP contribution in [-0.4, -0.2) is 18.8 Å². The van der Waals surface area contributed by atoms with Gasteiger partial charge in [0, 0.05) is 19.6 Å². The molecule has 1 aromatic carbocycles. The second-order valence-corrected chi connectivity index (χ2v) is 3.86. The van der Waals surface area contributed by atoms with Crippen molar-refractivity contribution in [3.63, 3.8) is 0 Å². The highest BCUT2D eigenvalue weighted by Crippen LogP contribution is 2.14. The van der Waals surface area contributed by atoms with Gasteiger partial charge >= 0.3 is 5.97 Å². The molecule has 3 nitrogen and oxygen atoms in total. The fourth-order valence-electron chi connectivity index (χ4n) is 1.51. The van der Waals surface area contributed by atoms with Crippen molar-refractivity contribution >= 4 is 17.9 Å². The molecule has 0 aromatic heterocycles. The maximum absolute atomic E-state index is 10.5. The lowest BCUT2D eigenvalue weighted by atomic mass is 10.1. The first-order valence-corrected chi connectivity index (χ1v) is 5.97. The molecule has 0 fully saturated rings. The van der Waals surface area contributed by atoms with Gasteiger partial charge in [-0.15, -0.1) is 0 Å². The summed E-state index contributed by atoms with van der Waals surface area (Å²) >= 11 is 0. The van der Waals surface area contributed by atoms with E-state index in [-0.39, 0.29) is 5.97 Å². The van der Waals surface area contributed by atoms with Crippen molar-refractivity contribution in [1.29, 1.82) is 0 Å². The van der Waals surface area contributed by atoms with E-state index in [1.165, 1.54) is 12.5 Å². The van der Waals surface area contributed by atoms with Crippen LogP contribution < -0.4 is 0 Å². The Morgan fingerprint density at radius 1 is 1.47 bits per heavy atom. The predicted octanol–water partition coefficient (Wildman–Crippen LogP) is 3.29. The molecule has 0 N–H and O–H groups in total. The summed E-state index contributed by atoms with van der Waals surface area (Å²) in [5.74, 6) is -0.247. The zero-order valence-electron chi connectivity index (χ0n) is 10.5. The quantitative estimate of drug-likeness (QED) is 0.429. The van der Waals surface area contributed by atoms with E-state index in [1.807, 2.05) is 12.1 Å². The van der Waals surface area contributed by atoms with Gasteiger partial charge in [-0.05, 0) is 24.1 Å². The van der Waals surface area contributed by atoms with Crippen LogP contribution in [0.5, 0.6) is 0 Å². The summed E-state index contributed by atoms with van der Waals surface area (Å²) < 4.78 is 4.81. The molecule has 0 atom stereocenters. The average Bonchev–Trinajstić information content (AvgIpc) is 2.29. The van der Waals surface area contributed by atoms with Crippen LogP contribution in [0.3, 0.4) is 0 Å². The fraction of sp³-hybridized carbons (Fsp3) is 0.429. The Balaban J connectivity index is 2.42. The summed E-state index contributed by atoms with van der Waals surface area (Å²) in [4.78, 5) is 14.9. The Morgan fingerprint density at radius 2 is 2.29 bits per heavy atom. The van der Waals surface area contributed by atoms with Crippen molar-refractivity contribution in [3.8, 4) is 0 Å². The van der Waals surface area contributed by atoms with Crippen LogP contribution >= 0.6 is 0 Å². The molecule has 92 valence electrons. The number of ether oxygens (including phenoxy) is 1. The molecule has 0 unspecified atom stereocenters. The molecule has 0 spiro atoms. The van der Waals surface area contributed by atoms with Gasteiger partial charge in [-0.3, -0.25) is 9.79 Å². The predicted molar refractivity (Wildman–Crippen MR) is 69.8 cm³/mol. The molecule has 3 heteroatoms. The number of rotatable bonds is 6. The van der Waals surface area contributed by atoms with Gasteiger partial charge in [-0.2, -0.15) is 0 Å². The standard InChI is InChI=1S/C14H19NO2/c1-3-6-13-7-4-8-14(11-13)15-9-5-10-17-12(2)16/h4,7-9,11H,3,5-6,10H2,1-2H3. The summed E-state index contributed by atoms with van der Waals surface area (Å²) in [6.07, 6.45) is 4.65. The van der Waals surface area contributed by atoms with E-state index in [1.54, 1.807) is 6.21 Å². The Kier molecular flexibility index (Phi) is 6.00. The number of carbonyl (C=O) groups excluding carboxylic acids is 1. The highest BCUT2D eigenvalue weighted by Gasteiger charge is 1.93. The molecule has 0 aliphatic heterocycles. The molecule has 0 bridgehead atoms. The molecular formula is C14H19NO2. The van der Waals surface area contributed by atoms with Crippen molar-refractivity contribution in [2.75, 3.05) is 6.61 Å². The van der Waals surface area contributed by atoms with Gasteiger partial charge in [0.25, 0.3) is 0 Å². The third kappa shape index (κ3) is 5.85. The van der Waals surface area contributed by atoms with E-state index in [4.69, 9.17) is 4.74 Å². The Bertz CT molecular complexity index is 386. The number of benzene rings is 1. The molecule has 17 heavy (non-hydrogen) atoms. The van der Waals surface area contributed by atoms with E-state index in [0.717, 1.165) is 18.5 Å².